The molecule has 1 fully saturated rings. The standard InChI is InChI=1S/C11H13BrClFN2O2S.ClH/c12-9-4-7(14)5-10(13)11(9)19(17,18)16-3-1-2-8(16)6-15;/h4-5,8H,1-3,6,15H2;1H. The summed E-state index contributed by atoms with van der Waals surface area (Å²) in [4.78, 5) is -0.101. The van der Waals surface area contributed by atoms with Crippen molar-refractivity contribution < 1.29 is 12.8 Å². The second kappa shape index (κ2) is 6.89. The van der Waals surface area contributed by atoms with E-state index in [2.05, 4.69) is 15.9 Å². The molecule has 1 aliphatic heterocycles. The Hall–Kier alpha value is 0.0800. The van der Waals surface area contributed by atoms with E-state index in [4.69, 9.17) is 17.3 Å². The van der Waals surface area contributed by atoms with Gasteiger partial charge in [-0.1, -0.05) is 11.6 Å². The van der Waals surface area contributed by atoms with Crippen LogP contribution >= 0.6 is 39.9 Å². The van der Waals surface area contributed by atoms with Crippen molar-refractivity contribution in [3.63, 3.8) is 0 Å². The van der Waals surface area contributed by atoms with E-state index in [1.165, 1.54) is 4.31 Å². The molecule has 1 aliphatic rings. The van der Waals surface area contributed by atoms with Gasteiger partial charge >= 0.3 is 0 Å². The summed E-state index contributed by atoms with van der Waals surface area (Å²) >= 11 is 8.94. The third-order valence-electron chi connectivity index (χ3n) is 3.12. The van der Waals surface area contributed by atoms with Gasteiger partial charge in [0, 0.05) is 23.6 Å². The number of hydrogen-bond donors (Lipinski definition) is 1. The topological polar surface area (TPSA) is 63.4 Å². The number of hydrogen-bond acceptors (Lipinski definition) is 3. The van der Waals surface area contributed by atoms with Gasteiger partial charge in [-0.15, -0.1) is 12.4 Å². The smallest absolute Gasteiger partial charge is 0.245 e. The fraction of sp³-hybridized carbons (Fsp3) is 0.455. The molecule has 0 bridgehead atoms. The van der Waals surface area contributed by atoms with E-state index in [1.54, 1.807) is 0 Å². The average molecular weight is 408 g/mol. The summed E-state index contributed by atoms with van der Waals surface area (Å²) in [7, 11) is -3.77. The Morgan fingerprint density at radius 2 is 2.15 bits per heavy atom. The monoisotopic (exact) mass is 406 g/mol. The fourth-order valence-electron chi connectivity index (χ4n) is 2.25. The van der Waals surface area contributed by atoms with E-state index in [1.807, 2.05) is 0 Å². The lowest BCUT2D eigenvalue weighted by molar-refractivity contribution is 0.393. The van der Waals surface area contributed by atoms with Gasteiger partial charge in [0.25, 0.3) is 0 Å². The van der Waals surface area contributed by atoms with Crippen molar-refractivity contribution in [2.24, 2.45) is 5.73 Å². The molecule has 0 saturated carbocycles. The molecular formula is C11H14BrCl2FN2O2S. The van der Waals surface area contributed by atoms with E-state index in [9.17, 15) is 12.8 Å². The van der Waals surface area contributed by atoms with Gasteiger partial charge in [-0.3, -0.25) is 0 Å². The molecule has 0 aromatic heterocycles. The number of halogens is 4. The van der Waals surface area contributed by atoms with Crippen molar-refractivity contribution in [1.29, 1.82) is 0 Å². The first-order chi connectivity index (χ1) is 8.87. The van der Waals surface area contributed by atoms with Crippen LogP contribution in [-0.2, 0) is 10.0 Å². The zero-order valence-corrected chi connectivity index (χ0v) is 14.3. The molecule has 1 heterocycles. The van der Waals surface area contributed by atoms with Crippen LogP contribution in [0.2, 0.25) is 5.02 Å². The highest BCUT2D eigenvalue weighted by Crippen LogP contribution is 2.35. The Morgan fingerprint density at radius 3 is 2.70 bits per heavy atom. The summed E-state index contributed by atoms with van der Waals surface area (Å²) in [5.74, 6) is -0.590. The van der Waals surface area contributed by atoms with Gasteiger partial charge in [-0.2, -0.15) is 4.31 Å². The molecule has 2 rings (SSSR count). The van der Waals surface area contributed by atoms with Gasteiger partial charge in [0.1, 0.15) is 10.7 Å². The number of rotatable bonds is 3. The van der Waals surface area contributed by atoms with Crippen molar-refractivity contribution in [1.82, 2.24) is 4.31 Å². The van der Waals surface area contributed by atoms with Crippen LogP contribution in [0, 0.1) is 5.82 Å². The quantitative estimate of drug-likeness (QED) is 0.837. The molecule has 20 heavy (non-hydrogen) atoms. The lowest BCUT2D eigenvalue weighted by atomic mass is 10.2. The van der Waals surface area contributed by atoms with Gasteiger partial charge in [0.15, 0.2) is 0 Å². The molecule has 1 aromatic rings. The Kier molecular flexibility index (Phi) is 6.25. The first kappa shape index (κ1) is 18.1. The molecule has 9 heteroatoms. The summed E-state index contributed by atoms with van der Waals surface area (Å²) in [5.41, 5.74) is 5.59. The minimum atomic E-state index is -3.77. The van der Waals surface area contributed by atoms with E-state index in [0.717, 1.165) is 25.0 Å². The van der Waals surface area contributed by atoms with E-state index in [0.29, 0.717) is 6.54 Å². The molecule has 4 nitrogen and oxygen atoms in total. The Balaban J connectivity index is 0.00000200. The third kappa shape index (κ3) is 3.28. The predicted molar refractivity (Wildman–Crippen MR) is 82.3 cm³/mol. The molecule has 2 N–H and O–H groups in total. The van der Waals surface area contributed by atoms with Crippen LogP contribution in [0.25, 0.3) is 0 Å². The van der Waals surface area contributed by atoms with Gasteiger partial charge in [0.05, 0.1) is 5.02 Å². The number of benzene rings is 1. The highest BCUT2D eigenvalue weighted by atomic mass is 79.9. The lowest BCUT2D eigenvalue weighted by Gasteiger charge is -2.24. The summed E-state index contributed by atoms with van der Waals surface area (Å²) in [5, 5.41) is -0.130. The number of sulfonamides is 1. The summed E-state index contributed by atoms with van der Waals surface area (Å²) in [6.45, 7) is 0.667. The van der Waals surface area contributed by atoms with Crippen molar-refractivity contribution in [2.45, 2.75) is 23.8 Å². The normalized spacial score (nSPS) is 19.9. The molecule has 1 aromatic carbocycles. The second-order valence-corrected chi connectivity index (χ2v) is 7.44. The third-order valence-corrected chi connectivity index (χ3v) is 6.48. The maximum atomic E-state index is 13.2. The highest BCUT2D eigenvalue weighted by molar-refractivity contribution is 9.10. The molecule has 0 aliphatic carbocycles. The van der Waals surface area contributed by atoms with Crippen molar-refractivity contribution in [2.75, 3.05) is 13.1 Å². The lowest BCUT2D eigenvalue weighted by Crippen LogP contribution is -2.40. The maximum absolute atomic E-state index is 13.2. The van der Waals surface area contributed by atoms with Crippen LogP contribution in [0.3, 0.4) is 0 Å². The maximum Gasteiger partial charge on any atom is 0.245 e. The van der Waals surface area contributed by atoms with E-state index in [-0.39, 0.29) is 39.4 Å². The second-order valence-electron chi connectivity index (χ2n) is 4.35. The van der Waals surface area contributed by atoms with Crippen LogP contribution in [0.1, 0.15) is 12.8 Å². The zero-order valence-electron chi connectivity index (χ0n) is 10.4. The first-order valence-corrected chi connectivity index (χ1v) is 8.35. The van der Waals surface area contributed by atoms with Gasteiger partial charge in [0.2, 0.25) is 10.0 Å². The Bertz CT molecular complexity index is 577. The van der Waals surface area contributed by atoms with Crippen molar-refractivity contribution in [3.05, 3.63) is 27.4 Å². The van der Waals surface area contributed by atoms with Crippen LogP contribution in [0.4, 0.5) is 4.39 Å². The van der Waals surface area contributed by atoms with Crippen molar-refractivity contribution >= 4 is 50.0 Å². The molecule has 0 amide bonds. The van der Waals surface area contributed by atoms with Gasteiger partial charge < -0.3 is 5.73 Å². The molecule has 1 saturated heterocycles. The van der Waals surface area contributed by atoms with Gasteiger partial charge in [-0.25, -0.2) is 12.8 Å². The fourth-order valence-corrected chi connectivity index (χ4v) is 5.71. The Morgan fingerprint density at radius 1 is 1.50 bits per heavy atom. The van der Waals surface area contributed by atoms with Crippen LogP contribution in [0.5, 0.6) is 0 Å². The number of nitrogens with two attached hydrogens (primary N) is 1. The molecular weight excluding hydrogens is 394 g/mol. The molecule has 114 valence electrons. The average Bonchev–Trinajstić information content (AvgIpc) is 2.75. The summed E-state index contributed by atoms with van der Waals surface area (Å²) in [6, 6.07) is 1.86. The molecule has 0 radical (unpaired) electrons. The SMILES string of the molecule is Cl.NCC1CCCN1S(=O)(=O)c1c(Cl)cc(F)cc1Br. The van der Waals surface area contributed by atoms with Crippen LogP contribution in [-0.4, -0.2) is 31.9 Å². The molecule has 1 unspecified atom stereocenters. The zero-order chi connectivity index (χ0) is 14.2. The van der Waals surface area contributed by atoms with Gasteiger partial charge in [-0.05, 0) is 40.9 Å². The summed E-state index contributed by atoms with van der Waals surface area (Å²) in [6.07, 6.45) is 1.49. The minimum Gasteiger partial charge on any atom is -0.329 e. The largest absolute Gasteiger partial charge is 0.329 e. The van der Waals surface area contributed by atoms with E-state index >= 15 is 0 Å². The minimum absolute atomic E-state index is 0. The highest BCUT2D eigenvalue weighted by Gasteiger charge is 2.36. The number of nitrogens with zero attached hydrogens (tertiary/aromatic N) is 1. The molecule has 1 atom stereocenters. The predicted octanol–water partition coefficient (Wildman–Crippen LogP) is 2.78. The first-order valence-electron chi connectivity index (χ1n) is 5.74. The van der Waals surface area contributed by atoms with Crippen molar-refractivity contribution in [3.8, 4) is 0 Å². The van der Waals surface area contributed by atoms with E-state index < -0.39 is 15.8 Å². The van der Waals surface area contributed by atoms with Crippen LogP contribution in [0.15, 0.2) is 21.5 Å². The Labute approximate surface area is 137 Å². The molecule has 0 spiro atoms. The van der Waals surface area contributed by atoms with Crippen LogP contribution < -0.4 is 5.73 Å². The summed E-state index contributed by atoms with van der Waals surface area (Å²) < 4.78 is 39.8.